The monoisotopic (exact) mass is 347 g/mol. The van der Waals surface area contributed by atoms with Crippen LogP contribution in [0.1, 0.15) is 72.6 Å². The number of nitrogens with zero attached hydrogens (tertiary/aromatic N) is 1. The second kappa shape index (κ2) is 5.71. The summed E-state index contributed by atoms with van der Waals surface area (Å²) < 4.78 is 0. The van der Waals surface area contributed by atoms with E-state index in [-0.39, 0.29) is 6.10 Å². The predicted molar refractivity (Wildman–Crippen MR) is 99.9 cm³/mol. The zero-order valence-corrected chi connectivity index (χ0v) is 16.8. The minimum absolute atomic E-state index is 0.188. The smallest absolute Gasteiger partial charge is 0.222 e. The Balaban J connectivity index is 1.65. The molecule has 3 nitrogen and oxygen atoms in total. The molecule has 0 radical (unpaired) electrons. The lowest BCUT2D eigenvalue weighted by Crippen LogP contribution is -2.61. The number of fused-ring (bicyclic) bond motifs is 5. The summed E-state index contributed by atoms with van der Waals surface area (Å²) in [4.78, 5) is 14.3. The zero-order chi connectivity index (χ0) is 18.1. The lowest BCUT2D eigenvalue weighted by atomic mass is 9.46. The molecule has 4 rings (SSSR count). The maximum absolute atomic E-state index is 12.2. The van der Waals surface area contributed by atoms with Gasteiger partial charge in [-0.05, 0) is 85.9 Å². The van der Waals surface area contributed by atoms with E-state index in [1.807, 2.05) is 14.0 Å². The molecule has 3 unspecified atom stereocenters. The highest BCUT2D eigenvalue weighted by Crippen LogP contribution is 2.67. The molecule has 3 aliphatic carbocycles. The molecule has 0 bridgehead atoms. The maximum atomic E-state index is 12.2. The molecule has 1 N–H and O–H groups in total. The largest absolute Gasteiger partial charge is 0.393 e. The molecule has 0 aromatic heterocycles. The Labute approximate surface area is 153 Å². The van der Waals surface area contributed by atoms with Gasteiger partial charge in [0.15, 0.2) is 0 Å². The molecule has 25 heavy (non-hydrogen) atoms. The summed E-state index contributed by atoms with van der Waals surface area (Å²) in [6.45, 7) is 9.36. The molecule has 0 spiro atoms. The number of aliphatic hydroxyl groups is 1. The third-order valence-electron chi connectivity index (χ3n) is 9.51. The van der Waals surface area contributed by atoms with Crippen LogP contribution in [-0.4, -0.2) is 35.1 Å². The predicted octanol–water partition coefficient (Wildman–Crippen LogP) is 4.09. The number of carbonyl (C=O) groups is 1. The topological polar surface area (TPSA) is 40.5 Å². The van der Waals surface area contributed by atoms with Crippen LogP contribution in [0.2, 0.25) is 0 Å². The summed E-state index contributed by atoms with van der Waals surface area (Å²) >= 11 is 0. The van der Waals surface area contributed by atoms with E-state index in [4.69, 9.17) is 0 Å². The van der Waals surface area contributed by atoms with Crippen LogP contribution in [0.4, 0.5) is 0 Å². The number of aliphatic hydroxyl groups excluding tert-OH is 1. The highest BCUT2D eigenvalue weighted by molar-refractivity contribution is 5.77. The SMILES string of the molecule is CC(O)[C@H]1C(C)C[C@H]2[C@@H]3CCC4N(C)C(=O)CC[C@]4(C)[C@H]3CC[C@]12C. The second-order valence-electron chi connectivity index (χ2n) is 10.5. The molecule has 142 valence electrons. The van der Waals surface area contributed by atoms with Crippen molar-refractivity contribution in [3.8, 4) is 0 Å². The summed E-state index contributed by atoms with van der Waals surface area (Å²) in [6, 6.07) is 0.450. The lowest BCUT2D eigenvalue weighted by molar-refractivity contribution is -0.159. The fourth-order valence-electron chi connectivity index (χ4n) is 8.58. The zero-order valence-electron chi connectivity index (χ0n) is 16.8. The molecule has 1 aliphatic heterocycles. The van der Waals surface area contributed by atoms with E-state index < -0.39 is 0 Å². The van der Waals surface area contributed by atoms with Crippen molar-refractivity contribution in [3.05, 3.63) is 0 Å². The van der Waals surface area contributed by atoms with Gasteiger partial charge in [-0.15, -0.1) is 0 Å². The van der Waals surface area contributed by atoms with E-state index in [0.717, 1.165) is 30.6 Å². The van der Waals surface area contributed by atoms with Gasteiger partial charge in [0.05, 0.1) is 6.10 Å². The number of hydrogen-bond donors (Lipinski definition) is 1. The summed E-state index contributed by atoms with van der Waals surface area (Å²) in [5.74, 6) is 3.77. The lowest BCUT2D eigenvalue weighted by Gasteiger charge is -2.62. The summed E-state index contributed by atoms with van der Waals surface area (Å²) in [6.07, 6.45) is 7.95. The van der Waals surface area contributed by atoms with Gasteiger partial charge in [0, 0.05) is 19.5 Å². The van der Waals surface area contributed by atoms with Crippen molar-refractivity contribution in [2.45, 2.75) is 84.8 Å². The van der Waals surface area contributed by atoms with Gasteiger partial charge < -0.3 is 10.0 Å². The Morgan fingerprint density at radius 1 is 1.12 bits per heavy atom. The highest BCUT2D eigenvalue weighted by Gasteiger charge is 2.62. The first kappa shape index (κ1) is 17.8. The Morgan fingerprint density at radius 3 is 2.52 bits per heavy atom. The Bertz CT molecular complexity index is 560. The fraction of sp³-hybridized carbons (Fsp3) is 0.955. The molecule has 1 heterocycles. The first-order valence-electron chi connectivity index (χ1n) is 10.6. The molecular formula is C22H37NO2. The van der Waals surface area contributed by atoms with Crippen LogP contribution in [0, 0.1) is 40.4 Å². The molecule has 4 aliphatic rings. The van der Waals surface area contributed by atoms with E-state index in [2.05, 4.69) is 25.7 Å². The normalized spacial score (nSPS) is 53.8. The van der Waals surface area contributed by atoms with E-state index in [0.29, 0.717) is 34.6 Å². The molecule has 9 atom stereocenters. The van der Waals surface area contributed by atoms with Crippen molar-refractivity contribution >= 4 is 5.91 Å². The van der Waals surface area contributed by atoms with Gasteiger partial charge in [-0.1, -0.05) is 20.8 Å². The molecule has 3 heteroatoms. The molecule has 3 saturated carbocycles. The van der Waals surface area contributed by atoms with Gasteiger partial charge in [-0.2, -0.15) is 0 Å². The number of piperidine rings is 1. The van der Waals surface area contributed by atoms with E-state index >= 15 is 0 Å². The number of amides is 1. The van der Waals surface area contributed by atoms with Gasteiger partial charge in [-0.3, -0.25) is 4.79 Å². The van der Waals surface area contributed by atoms with E-state index in [1.165, 1.54) is 32.1 Å². The van der Waals surface area contributed by atoms with Gasteiger partial charge in [0.1, 0.15) is 0 Å². The molecule has 0 aromatic carbocycles. The standard InChI is InChI=1S/C22H37NO2/c1-13-12-17-15-6-7-18-21(3,11-9-19(25)23(18)5)16(15)8-10-22(17,4)20(13)14(2)24/h13-18,20,24H,6-12H2,1-5H3/t13?,14?,15-,16+,17+,18?,20-,21-,22+/m1/s1. The fourth-order valence-corrected chi connectivity index (χ4v) is 8.58. The van der Waals surface area contributed by atoms with E-state index in [1.54, 1.807) is 0 Å². The number of carbonyl (C=O) groups excluding carboxylic acids is 1. The second-order valence-corrected chi connectivity index (χ2v) is 10.5. The van der Waals surface area contributed by atoms with Crippen molar-refractivity contribution in [1.29, 1.82) is 0 Å². The quantitative estimate of drug-likeness (QED) is 0.776. The molecule has 1 saturated heterocycles. The van der Waals surface area contributed by atoms with Crippen LogP contribution in [-0.2, 0) is 4.79 Å². The molecular weight excluding hydrogens is 310 g/mol. The van der Waals surface area contributed by atoms with Crippen molar-refractivity contribution in [2.75, 3.05) is 7.05 Å². The van der Waals surface area contributed by atoms with Crippen LogP contribution in [0.15, 0.2) is 0 Å². The van der Waals surface area contributed by atoms with Gasteiger partial charge in [-0.25, -0.2) is 0 Å². The number of likely N-dealkylation sites (tertiary alicyclic amines) is 1. The third kappa shape index (κ3) is 2.30. The summed E-state index contributed by atoms with van der Waals surface area (Å²) in [7, 11) is 2.04. The van der Waals surface area contributed by atoms with Crippen molar-refractivity contribution in [3.63, 3.8) is 0 Å². The number of rotatable bonds is 1. The first-order valence-corrected chi connectivity index (χ1v) is 10.6. The van der Waals surface area contributed by atoms with Gasteiger partial charge in [0.25, 0.3) is 0 Å². The number of hydrogen-bond acceptors (Lipinski definition) is 2. The van der Waals surface area contributed by atoms with Crippen LogP contribution in [0.5, 0.6) is 0 Å². The average Bonchev–Trinajstić information content (AvgIpc) is 2.81. The molecule has 4 fully saturated rings. The minimum atomic E-state index is -0.188. The average molecular weight is 348 g/mol. The molecule has 1 amide bonds. The summed E-state index contributed by atoms with van der Waals surface area (Å²) in [5, 5.41) is 10.5. The highest BCUT2D eigenvalue weighted by atomic mass is 16.3. The van der Waals surface area contributed by atoms with Crippen LogP contribution < -0.4 is 0 Å². The van der Waals surface area contributed by atoms with Crippen LogP contribution in [0.3, 0.4) is 0 Å². The van der Waals surface area contributed by atoms with Crippen molar-refractivity contribution in [2.24, 2.45) is 40.4 Å². The Morgan fingerprint density at radius 2 is 1.84 bits per heavy atom. The molecule has 0 aromatic rings. The summed E-state index contributed by atoms with van der Waals surface area (Å²) in [5.41, 5.74) is 0.618. The first-order chi connectivity index (χ1) is 11.7. The maximum Gasteiger partial charge on any atom is 0.222 e. The minimum Gasteiger partial charge on any atom is -0.393 e. The Hall–Kier alpha value is -0.570. The van der Waals surface area contributed by atoms with Crippen LogP contribution >= 0.6 is 0 Å². The van der Waals surface area contributed by atoms with Gasteiger partial charge in [0.2, 0.25) is 5.91 Å². The van der Waals surface area contributed by atoms with Crippen molar-refractivity contribution in [1.82, 2.24) is 4.90 Å². The van der Waals surface area contributed by atoms with E-state index in [9.17, 15) is 9.90 Å². The van der Waals surface area contributed by atoms with Crippen molar-refractivity contribution < 1.29 is 9.90 Å². The Kier molecular flexibility index (Phi) is 4.07. The van der Waals surface area contributed by atoms with Gasteiger partial charge >= 0.3 is 0 Å². The third-order valence-corrected chi connectivity index (χ3v) is 9.51. The van der Waals surface area contributed by atoms with Crippen LogP contribution in [0.25, 0.3) is 0 Å².